The van der Waals surface area contributed by atoms with E-state index in [1.165, 1.54) is 6.07 Å². The first kappa shape index (κ1) is 16.6. The quantitative estimate of drug-likeness (QED) is 0.854. The number of pyridine rings is 1. The van der Waals surface area contributed by atoms with Crippen LogP contribution in [0.15, 0.2) is 36.7 Å². The summed E-state index contributed by atoms with van der Waals surface area (Å²) in [7, 11) is 0. The average Bonchev–Trinajstić information content (AvgIpc) is 3.08. The van der Waals surface area contributed by atoms with Crippen LogP contribution in [-0.2, 0) is 16.0 Å². The predicted octanol–water partition coefficient (Wildman–Crippen LogP) is 3.37. The number of hydrogen-bond donors (Lipinski definition) is 0. The largest absolute Gasteiger partial charge is 0.347 e. The van der Waals surface area contributed by atoms with Crippen molar-refractivity contribution in [3.63, 3.8) is 0 Å². The molecule has 25 heavy (non-hydrogen) atoms. The summed E-state index contributed by atoms with van der Waals surface area (Å²) in [4.78, 5) is 6.51. The minimum atomic E-state index is -0.459. The Morgan fingerprint density at radius 3 is 2.56 bits per heavy atom. The number of rotatable bonds is 3. The molecule has 2 fully saturated rings. The molecule has 0 N–H and O–H groups in total. The fourth-order valence-electron chi connectivity index (χ4n) is 3.54. The molecule has 0 radical (unpaired) electrons. The Balaban J connectivity index is 1.46. The van der Waals surface area contributed by atoms with Crippen molar-refractivity contribution in [2.45, 2.75) is 25.2 Å². The van der Waals surface area contributed by atoms with E-state index in [1.54, 1.807) is 12.4 Å². The lowest BCUT2D eigenvalue weighted by Crippen LogP contribution is -2.44. The van der Waals surface area contributed by atoms with E-state index in [9.17, 15) is 8.78 Å². The van der Waals surface area contributed by atoms with Crippen LogP contribution in [-0.4, -0.2) is 42.0 Å². The van der Waals surface area contributed by atoms with Gasteiger partial charge in [-0.25, -0.2) is 8.78 Å². The lowest BCUT2D eigenvalue weighted by molar-refractivity contribution is -0.185. The van der Waals surface area contributed by atoms with Crippen LogP contribution in [0.3, 0.4) is 0 Å². The van der Waals surface area contributed by atoms with Crippen LogP contribution in [0.25, 0.3) is 11.1 Å². The Hall–Kier alpha value is -1.89. The topological polar surface area (TPSA) is 34.6 Å². The number of piperidine rings is 1. The maximum Gasteiger partial charge on any atom is 0.170 e. The second-order valence-electron chi connectivity index (χ2n) is 6.59. The second kappa shape index (κ2) is 6.78. The van der Waals surface area contributed by atoms with Crippen molar-refractivity contribution in [2.24, 2.45) is 0 Å². The maximum absolute atomic E-state index is 14.0. The Kier molecular flexibility index (Phi) is 4.50. The normalized spacial score (nSPS) is 20.2. The zero-order valence-corrected chi connectivity index (χ0v) is 13.9. The van der Waals surface area contributed by atoms with E-state index in [2.05, 4.69) is 9.88 Å². The summed E-state index contributed by atoms with van der Waals surface area (Å²) in [6, 6.07) is 5.34. The third-order valence-corrected chi connectivity index (χ3v) is 4.87. The Morgan fingerprint density at radius 2 is 1.80 bits per heavy atom. The molecular formula is C19H20F2N2O2. The first-order valence-corrected chi connectivity index (χ1v) is 8.53. The van der Waals surface area contributed by atoms with Crippen molar-refractivity contribution in [2.75, 3.05) is 26.3 Å². The van der Waals surface area contributed by atoms with E-state index in [0.29, 0.717) is 25.3 Å². The van der Waals surface area contributed by atoms with Crippen molar-refractivity contribution in [3.05, 3.63) is 53.9 Å². The Labute approximate surface area is 145 Å². The van der Waals surface area contributed by atoms with Crippen LogP contribution in [0, 0.1) is 11.6 Å². The standard InChI is InChI=1S/C19H20F2N2O2/c20-16-1-2-18(21)17(10-16)15-9-14(11-22-12-15)13-23-5-3-19(4-6-23)24-7-8-25-19/h1-2,9-12H,3-8,13H2. The predicted molar refractivity (Wildman–Crippen MR) is 88.7 cm³/mol. The SMILES string of the molecule is Fc1ccc(F)c(-c2cncc(CN3CCC4(CC3)OCCO4)c2)c1. The molecule has 1 aromatic carbocycles. The molecule has 0 saturated carbocycles. The highest BCUT2D eigenvalue weighted by Crippen LogP contribution is 2.32. The third-order valence-electron chi connectivity index (χ3n) is 4.87. The van der Waals surface area contributed by atoms with E-state index < -0.39 is 11.6 Å². The van der Waals surface area contributed by atoms with Crippen molar-refractivity contribution in [3.8, 4) is 11.1 Å². The Bertz CT molecular complexity index is 753. The van der Waals surface area contributed by atoms with Gasteiger partial charge in [0.1, 0.15) is 11.6 Å². The van der Waals surface area contributed by atoms with Crippen molar-refractivity contribution >= 4 is 0 Å². The van der Waals surface area contributed by atoms with Gasteiger partial charge in [0.15, 0.2) is 5.79 Å². The van der Waals surface area contributed by atoms with Gasteiger partial charge in [-0.15, -0.1) is 0 Å². The van der Waals surface area contributed by atoms with Gasteiger partial charge in [0.2, 0.25) is 0 Å². The molecule has 6 heteroatoms. The highest BCUT2D eigenvalue weighted by atomic mass is 19.1. The van der Waals surface area contributed by atoms with Gasteiger partial charge in [-0.1, -0.05) is 0 Å². The number of likely N-dealkylation sites (tertiary alicyclic amines) is 1. The average molecular weight is 346 g/mol. The van der Waals surface area contributed by atoms with Crippen LogP contribution in [0.2, 0.25) is 0 Å². The van der Waals surface area contributed by atoms with Gasteiger partial charge in [-0.3, -0.25) is 9.88 Å². The minimum absolute atomic E-state index is 0.236. The van der Waals surface area contributed by atoms with Gasteiger partial charge >= 0.3 is 0 Å². The smallest absolute Gasteiger partial charge is 0.170 e. The van der Waals surface area contributed by atoms with E-state index in [-0.39, 0.29) is 11.4 Å². The van der Waals surface area contributed by atoms with Gasteiger partial charge in [-0.2, -0.15) is 0 Å². The first-order valence-electron chi connectivity index (χ1n) is 8.53. The molecule has 3 heterocycles. The number of ether oxygens (including phenoxy) is 2. The summed E-state index contributed by atoms with van der Waals surface area (Å²) in [5.74, 6) is -1.29. The van der Waals surface area contributed by atoms with E-state index >= 15 is 0 Å². The molecule has 2 aliphatic heterocycles. The van der Waals surface area contributed by atoms with E-state index in [4.69, 9.17) is 9.47 Å². The van der Waals surface area contributed by atoms with Crippen LogP contribution in [0.4, 0.5) is 8.78 Å². The fourth-order valence-corrected chi connectivity index (χ4v) is 3.54. The van der Waals surface area contributed by atoms with Gasteiger partial charge in [-0.05, 0) is 29.8 Å². The third kappa shape index (κ3) is 3.56. The number of aromatic nitrogens is 1. The molecule has 2 aliphatic rings. The van der Waals surface area contributed by atoms with Crippen LogP contribution in [0.1, 0.15) is 18.4 Å². The maximum atomic E-state index is 14.0. The molecule has 132 valence electrons. The van der Waals surface area contributed by atoms with Crippen LogP contribution >= 0.6 is 0 Å². The summed E-state index contributed by atoms with van der Waals surface area (Å²) >= 11 is 0. The fraction of sp³-hybridized carbons (Fsp3) is 0.421. The van der Waals surface area contributed by atoms with E-state index in [0.717, 1.165) is 43.6 Å². The van der Waals surface area contributed by atoms with Crippen molar-refractivity contribution in [1.82, 2.24) is 9.88 Å². The monoisotopic (exact) mass is 346 g/mol. The summed E-state index contributed by atoms with van der Waals surface area (Å²) in [6.45, 7) is 3.81. The molecule has 1 aromatic heterocycles. The molecule has 0 amide bonds. The van der Waals surface area contributed by atoms with Gasteiger partial charge in [0.05, 0.1) is 13.2 Å². The molecule has 0 aliphatic carbocycles. The lowest BCUT2D eigenvalue weighted by atomic mass is 10.0. The first-order chi connectivity index (χ1) is 12.1. The molecule has 1 spiro atoms. The molecule has 4 nitrogen and oxygen atoms in total. The molecular weight excluding hydrogens is 326 g/mol. The van der Waals surface area contributed by atoms with Crippen molar-refractivity contribution in [1.29, 1.82) is 0 Å². The summed E-state index contributed by atoms with van der Waals surface area (Å²) < 4.78 is 38.9. The zero-order valence-electron chi connectivity index (χ0n) is 13.9. The summed E-state index contributed by atoms with van der Waals surface area (Å²) in [5, 5.41) is 0. The van der Waals surface area contributed by atoms with Crippen LogP contribution < -0.4 is 0 Å². The number of benzene rings is 1. The molecule has 2 aromatic rings. The molecule has 0 unspecified atom stereocenters. The number of hydrogen-bond acceptors (Lipinski definition) is 4. The van der Waals surface area contributed by atoms with Crippen molar-refractivity contribution < 1.29 is 18.3 Å². The highest BCUT2D eigenvalue weighted by Gasteiger charge is 2.39. The van der Waals surface area contributed by atoms with Gasteiger partial charge < -0.3 is 9.47 Å². The highest BCUT2D eigenvalue weighted by molar-refractivity contribution is 5.63. The second-order valence-corrected chi connectivity index (χ2v) is 6.59. The number of nitrogens with zero attached hydrogens (tertiary/aromatic N) is 2. The summed E-state index contributed by atoms with van der Waals surface area (Å²) in [6.07, 6.45) is 5.03. The van der Waals surface area contributed by atoms with E-state index in [1.807, 2.05) is 6.07 Å². The molecule has 4 rings (SSSR count). The molecule has 2 saturated heterocycles. The minimum Gasteiger partial charge on any atom is -0.347 e. The van der Waals surface area contributed by atoms with Gasteiger partial charge in [0.25, 0.3) is 0 Å². The summed E-state index contributed by atoms with van der Waals surface area (Å²) in [5.41, 5.74) is 1.80. The van der Waals surface area contributed by atoms with Crippen LogP contribution in [0.5, 0.6) is 0 Å². The van der Waals surface area contributed by atoms with Gasteiger partial charge in [0, 0.05) is 56.0 Å². The lowest BCUT2D eigenvalue weighted by Gasteiger charge is -2.37. The zero-order chi connectivity index (χ0) is 17.3. The number of halogens is 2. The molecule has 0 bridgehead atoms. The Morgan fingerprint density at radius 1 is 1.04 bits per heavy atom. The molecule has 0 atom stereocenters.